The van der Waals surface area contributed by atoms with E-state index in [2.05, 4.69) is 25.5 Å². The van der Waals surface area contributed by atoms with E-state index in [4.69, 9.17) is 5.84 Å². The zero-order valence-corrected chi connectivity index (χ0v) is 9.88. The van der Waals surface area contributed by atoms with Crippen molar-refractivity contribution in [1.29, 1.82) is 0 Å². The lowest BCUT2D eigenvalue weighted by molar-refractivity contribution is 0.765. The molecule has 90 valence electrons. The molecule has 7 heteroatoms. The number of nitrogens with one attached hydrogen (secondary N) is 1. The minimum atomic E-state index is 0.547. The number of nitrogen functional groups attached to an aromatic ring is 1. The Bertz CT molecular complexity index is 505. The molecule has 2 heterocycles. The average molecular weight is 233 g/mol. The summed E-state index contributed by atoms with van der Waals surface area (Å²) in [5, 5.41) is 4.39. The van der Waals surface area contributed by atoms with Crippen molar-refractivity contribution in [2.75, 3.05) is 5.43 Å². The molecule has 0 unspecified atom stereocenters. The molecule has 2 aromatic rings. The lowest BCUT2D eigenvalue weighted by atomic mass is 10.4. The van der Waals surface area contributed by atoms with E-state index in [0.29, 0.717) is 11.6 Å². The van der Waals surface area contributed by atoms with Crippen LogP contribution in [0.1, 0.15) is 25.5 Å². The minimum absolute atomic E-state index is 0.547. The maximum Gasteiger partial charge on any atom is 0.161 e. The topological polar surface area (TPSA) is 94.5 Å². The van der Waals surface area contributed by atoms with Crippen molar-refractivity contribution in [2.45, 2.75) is 26.7 Å². The highest BCUT2D eigenvalue weighted by Gasteiger charge is 2.10. The third kappa shape index (κ3) is 2.23. The molecule has 0 aliphatic heterocycles. The standard InChI is InChI=1S/C10H15N7/c1-3-7-14-9(4-2)17(16-7)10-5-8(15-11)12-6-13-10/h5-6H,3-4,11H2,1-2H3,(H,12,13,15). The van der Waals surface area contributed by atoms with Gasteiger partial charge in [-0.3, -0.25) is 0 Å². The van der Waals surface area contributed by atoms with Crippen LogP contribution in [0, 0.1) is 0 Å². The Kier molecular flexibility index (Phi) is 3.29. The van der Waals surface area contributed by atoms with E-state index in [9.17, 15) is 0 Å². The van der Waals surface area contributed by atoms with Gasteiger partial charge in [-0.1, -0.05) is 13.8 Å². The second-order valence-electron chi connectivity index (χ2n) is 3.47. The Morgan fingerprint density at radius 1 is 1.29 bits per heavy atom. The summed E-state index contributed by atoms with van der Waals surface area (Å²) in [6, 6.07) is 1.73. The van der Waals surface area contributed by atoms with Gasteiger partial charge in [0.2, 0.25) is 0 Å². The van der Waals surface area contributed by atoms with Crippen molar-refractivity contribution in [3.8, 4) is 5.82 Å². The van der Waals surface area contributed by atoms with Gasteiger partial charge in [-0.25, -0.2) is 20.8 Å². The number of hydrazine groups is 1. The fraction of sp³-hybridized carbons (Fsp3) is 0.400. The Hall–Kier alpha value is -2.02. The minimum Gasteiger partial charge on any atom is -0.308 e. The number of hydrogen-bond acceptors (Lipinski definition) is 6. The number of aromatic nitrogens is 5. The lowest BCUT2D eigenvalue weighted by Crippen LogP contribution is -2.11. The van der Waals surface area contributed by atoms with Gasteiger partial charge in [0.05, 0.1) is 0 Å². The monoisotopic (exact) mass is 233 g/mol. The van der Waals surface area contributed by atoms with Crippen molar-refractivity contribution < 1.29 is 0 Å². The molecular weight excluding hydrogens is 218 g/mol. The molecule has 17 heavy (non-hydrogen) atoms. The fourth-order valence-corrected chi connectivity index (χ4v) is 1.50. The third-order valence-electron chi connectivity index (χ3n) is 2.37. The number of anilines is 1. The molecule has 0 spiro atoms. The van der Waals surface area contributed by atoms with Crippen LogP contribution in [-0.2, 0) is 12.8 Å². The molecule has 0 aromatic carbocycles. The molecular formula is C10H15N7. The summed E-state index contributed by atoms with van der Waals surface area (Å²) < 4.78 is 1.72. The summed E-state index contributed by atoms with van der Waals surface area (Å²) in [6.07, 6.45) is 3.03. The van der Waals surface area contributed by atoms with Crippen LogP contribution < -0.4 is 11.3 Å². The lowest BCUT2D eigenvalue weighted by Gasteiger charge is -2.04. The van der Waals surface area contributed by atoms with Crippen LogP contribution >= 0.6 is 0 Å². The number of nitrogens with zero attached hydrogens (tertiary/aromatic N) is 5. The van der Waals surface area contributed by atoms with Gasteiger partial charge < -0.3 is 5.43 Å². The summed E-state index contributed by atoms with van der Waals surface area (Å²) >= 11 is 0. The van der Waals surface area contributed by atoms with Crippen molar-refractivity contribution >= 4 is 5.82 Å². The highest BCUT2D eigenvalue weighted by molar-refractivity contribution is 5.39. The van der Waals surface area contributed by atoms with E-state index in [1.165, 1.54) is 6.33 Å². The molecule has 0 saturated carbocycles. The van der Waals surface area contributed by atoms with Crippen molar-refractivity contribution in [3.05, 3.63) is 24.0 Å². The van der Waals surface area contributed by atoms with Crippen LogP contribution in [0.3, 0.4) is 0 Å². The van der Waals surface area contributed by atoms with E-state index < -0.39 is 0 Å². The van der Waals surface area contributed by atoms with Gasteiger partial charge in [-0.2, -0.15) is 4.68 Å². The maximum absolute atomic E-state index is 5.31. The maximum atomic E-state index is 5.31. The third-order valence-corrected chi connectivity index (χ3v) is 2.37. The van der Waals surface area contributed by atoms with Gasteiger partial charge in [-0.15, -0.1) is 5.10 Å². The van der Waals surface area contributed by atoms with Crippen LogP contribution in [0.2, 0.25) is 0 Å². The predicted molar refractivity (Wildman–Crippen MR) is 63.5 cm³/mol. The van der Waals surface area contributed by atoms with E-state index in [1.807, 2.05) is 13.8 Å². The van der Waals surface area contributed by atoms with Gasteiger partial charge in [-0.05, 0) is 0 Å². The Morgan fingerprint density at radius 2 is 2.12 bits per heavy atom. The molecule has 0 aliphatic carbocycles. The predicted octanol–water partition coefficient (Wildman–Crippen LogP) is 0.468. The molecule has 0 amide bonds. The fourth-order valence-electron chi connectivity index (χ4n) is 1.50. The number of hydrogen-bond donors (Lipinski definition) is 2. The zero-order chi connectivity index (χ0) is 12.3. The summed E-state index contributed by atoms with van der Waals surface area (Å²) in [5.74, 6) is 8.21. The first-order chi connectivity index (χ1) is 8.28. The molecule has 0 saturated heterocycles. The smallest absolute Gasteiger partial charge is 0.161 e. The largest absolute Gasteiger partial charge is 0.308 e. The van der Waals surface area contributed by atoms with Gasteiger partial charge in [0, 0.05) is 18.9 Å². The Morgan fingerprint density at radius 3 is 2.76 bits per heavy atom. The zero-order valence-electron chi connectivity index (χ0n) is 9.88. The SMILES string of the molecule is CCc1nc(CC)n(-c2cc(NN)ncn2)n1. The average Bonchev–Trinajstić information content (AvgIpc) is 2.82. The van der Waals surface area contributed by atoms with Crippen molar-refractivity contribution in [1.82, 2.24) is 24.7 Å². The molecule has 0 atom stereocenters. The van der Waals surface area contributed by atoms with Crippen LogP contribution in [0.15, 0.2) is 12.4 Å². The van der Waals surface area contributed by atoms with Crippen LogP contribution in [0.25, 0.3) is 5.82 Å². The van der Waals surface area contributed by atoms with E-state index in [0.717, 1.165) is 24.5 Å². The van der Waals surface area contributed by atoms with Gasteiger partial charge in [0.25, 0.3) is 0 Å². The summed E-state index contributed by atoms with van der Waals surface area (Å²) in [5.41, 5.74) is 2.48. The van der Waals surface area contributed by atoms with Crippen molar-refractivity contribution in [2.24, 2.45) is 5.84 Å². The normalized spacial score (nSPS) is 10.5. The first kappa shape index (κ1) is 11.5. The molecule has 2 rings (SSSR count). The summed E-state index contributed by atoms with van der Waals surface area (Å²) in [4.78, 5) is 12.5. The summed E-state index contributed by atoms with van der Waals surface area (Å²) in [7, 11) is 0. The molecule has 3 N–H and O–H groups in total. The highest BCUT2D eigenvalue weighted by atomic mass is 15.4. The quantitative estimate of drug-likeness (QED) is 0.588. The van der Waals surface area contributed by atoms with Gasteiger partial charge in [0.15, 0.2) is 11.6 Å². The van der Waals surface area contributed by atoms with E-state index in [-0.39, 0.29) is 0 Å². The molecule has 0 radical (unpaired) electrons. The van der Waals surface area contributed by atoms with E-state index in [1.54, 1.807) is 10.7 Å². The van der Waals surface area contributed by atoms with Crippen molar-refractivity contribution in [3.63, 3.8) is 0 Å². The van der Waals surface area contributed by atoms with Crippen LogP contribution in [0.5, 0.6) is 0 Å². The Labute approximate surface area is 99.1 Å². The van der Waals surface area contributed by atoms with Crippen LogP contribution in [0.4, 0.5) is 5.82 Å². The molecule has 0 aliphatic rings. The van der Waals surface area contributed by atoms with Gasteiger partial charge in [0.1, 0.15) is 18.0 Å². The van der Waals surface area contributed by atoms with E-state index >= 15 is 0 Å². The molecule has 2 aromatic heterocycles. The first-order valence-corrected chi connectivity index (χ1v) is 5.52. The van der Waals surface area contributed by atoms with Crippen LogP contribution in [-0.4, -0.2) is 24.7 Å². The van der Waals surface area contributed by atoms with Gasteiger partial charge >= 0.3 is 0 Å². The summed E-state index contributed by atoms with van der Waals surface area (Å²) in [6.45, 7) is 4.05. The molecule has 7 nitrogen and oxygen atoms in total. The second-order valence-corrected chi connectivity index (χ2v) is 3.47. The first-order valence-electron chi connectivity index (χ1n) is 5.52. The number of aryl methyl sites for hydroxylation is 2. The molecule has 0 bridgehead atoms. The molecule has 0 fully saturated rings. The number of nitrogens with two attached hydrogens (primary N) is 1. The number of rotatable bonds is 4. The highest BCUT2D eigenvalue weighted by Crippen LogP contribution is 2.10. The Balaban J connectivity index is 2.47. The second kappa shape index (κ2) is 4.88.